The van der Waals surface area contributed by atoms with E-state index in [4.69, 9.17) is 18.6 Å². The first-order valence-corrected chi connectivity index (χ1v) is 15.7. The summed E-state index contributed by atoms with van der Waals surface area (Å²) in [4.78, 5) is 16.9. The highest BCUT2D eigenvalue weighted by Crippen LogP contribution is 2.38. The lowest BCUT2D eigenvalue weighted by molar-refractivity contribution is -0.156. The molecule has 2 saturated heterocycles. The van der Waals surface area contributed by atoms with E-state index in [1.54, 1.807) is 11.9 Å². The fraction of sp³-hybridized carbons (Fsp3) is 0.625. The molecule has 0 amide bonds. The van der Waals surface area contributed by atoms with Crippen molar-refractivity contribution < 1.29 is 19.0 Å². The lowest BCUT2D eigenvalue weighted by Gasteiger charge is -2.48. The third kappa shape index (κ3) is 7.99. The van der Waals surface area contributed by atoms with Gasteiger partial charge in [-0.05, 0) is 69.5 Å². The average molecular weight is 568 g/mol. The molecule has 0 N–H and O–H groups in total. The predicted octanol–water partition coefficient (Wildman–Crippen LogP) is 4.86. The molecule has 5 rings (SSSR count). The van der Waals surface area contributed by atoms with Gasteiger partial charge in [0.2, 0.25) is 0 Å². The van der Waals surface area contributed by atoms with Gasteiger partial charge in [-0.2, -0.15) is 0 Å². The van der Waals surface area contributed by atoms with Crippen LogP contribution in [0, 0.1) is 5.92 Å². The lowest BCUT2D eigenvalue weighted by Crippen LogP contribution is -2.58. The molecule has 2 fully saturated rings. The summed E-state index contributed by atoms with van der Waals surface area (Å²) in [7, 11) is 0. The van der Waals surface area contributed by atoms with Crippen LogP contribution in [0.1, 0.15) is 51.2 Å². The number of amidine groups is 1. The molecule has 0 radical (unpaired) electrons. The molecule has 4 aliphatic rings. The number of nitrogens with zero attached hydrogens (tertiary/aromatic N) is 3. The molecular weight excluding hydrogens is 522 g/mol. The van der Waals surface area contributed by atoms with Gasteiger partial charge in [-0.3, -0.25) is 4.79 Å². The number of carbonyl (C=O) groups excluding carboxylic acids is 1. The highest BCUT2D eigenvalue weighted by molar-refractivity contribution is 7.99. The Balaban J connectivity index is 1.02. The summed E-state index contributed by atoms with van der Waals surface area (Å²) in [6, 6.07) is 8.83. The van der Waals surface area contributed by atoms with Crippen molar-refractivity contribution in [2.45, 2.75) is 69.3 Å². The number of morpholine rings is 1. The Hall–Kier alpha value is -2.13. The van der Waals surface area contributed by atoms with Crippen molar-refractivity contribution >= 4 is 23.8 Å². The first kappa shape index (κ1) is 29.4. The van der Waals surface area contributed by atoms with Gasteiger partial charge in [-0.25, -0.2) is 4.40 Å². The molecular formula is C32H45N3O4S. The number of ether oxygens (including phenoxy) is 3. The molecule has 7 nitrogen and oxygen atoms in total. The van der Waals surface area contributed by atoms with Crippen molar-refractivity contribution in [1.82, 2.24) is 9.80 Å². The Morgan fingerprint density at radius 3 is 2.67 bits per heavy atom. The van der Waals surface area contributed by atoms with E-state index in [-0.39, 0.29) is 11.6 Å². The zero-order chi connectivity index (χ0) is 28.0. The van der Waals surface area contributed by atoms with Crippen LogP contribution in [0.4, 0.5) is 0 Å². The van der Waals surface area contributed by atoms with Crippen LogP contribution in [0.15, 0.2) is 53.0 Å². The standard InChI is InChI=1S/C32H45N3O4S/c1-31(2,3)39-29(36)13-21-37-20-12-26-8-6-7-25(23-26)11-16-34-17-14-32(15-18-34)24-35(19-22-38-32)30-27-9-4-5-10-28(27)40-33-30/h4-10,23,27-28H,11-22,24H2,1-3H3. The minimum absolute atomic E-state index is 0.0440. The van der Waals surface area contributed by atoms with Crippen LogP contribution in [0.3, 0.4) is 0 Å². The Bertz CT molecular complexity index is 1100. The molecule has 218 valence electrons. The first-order chi connectivity index (χ1) is 19.3. The van der Waals surface area contributed by atoms with Gasteiger partial charge in [0.15, 0.2) is 0 Å². The molecule has 2 atom stereocenters. The average Bonchev–Trinajstić information content (AvgIpc) is 3.36. The smallest absolute Gasteiger partial charge is 0.308 e. The van der Waals surface area contributed by atoms with Crippen molar-refractivity contribution in [2.24, 2.45) is 10.3 Å². The van der Waals surface area contributed by atoms with Crippen LogP contribution in [0.25, 0.3) is 0 Å². The Kier molecular flexibility index (Phi) is 9.72. The maximum atomic E-state index is 11.8. The summed E-state index contributed by atoms with van der Waals surface area (Å²) in [6.45, 7) is 12.6. The number of likely N-dealkylation sites (tertiary alicyclic amines) is 1. The van der Waals surface area contributed by atoms with E-state index in [0.29, 0.717) is 30.8 Å². The number of allylic oxidation sites excluding steroid dienone is 2. The summed E-state index contributed by atoms with van der Waals surface area (Å²) < 4.78 is 22.4. The number of benzene rings is 1. The van der Waals surface area contributed by atoms with Crippen LogP contribution in [0.2, 0.25) is 0 Å². The van der Waals surface area contributed by atoms with Crippen LogP contribution in [-0.2, 0) is 31.8 Å². The molecule has 1 aromatic carbocycles. The second-order valence-corrected chi connectivity index (χ2v) is 13.3. The molecule has 1 aromatic rings. The van der Waals surface area contributed by atoms with Crippen LogP contribution >= 0.6 is 11.9 Å². The van der Waals surface area contributed by atoms with Crippen LogP contribution in [-0.4, -0.2) is 90.6 Å². The monoisotopic (exact) mass is 567 g/mol. The molecule has 3 heterocycles. The van der Waals surface area contributed by atoms with Gasteiger partial charge in [0.1, 0.15) is 11.4 Å². The van der Waals surface area contributed by atoms with Gasteiger partial charge in [-0.1, -0.05) is 48.6 Å². The van der Waals surface area contributed by atoms with E-state index in [1.807, 2.05) is 20.8 Å². The number of rotatable bonds is 9. The topological polar surface area (TPSA) is 63.6 Å². The minimum Gasteiger partial charge on any atom is -0.460 e. The number of esters is 1. The van der Waals surface area contributed by atoms with Crippen molar-refractivity contribution in [3.8, 4) is 0 Å². The van der Waals surface area contributed by atoms with Gasteiger partial charge < -0.3 is 24.0 Å². The van der Waals surface area contributed by atoms with Crippen molar-refractivity contribution in [1.29, 1.82) is 0 Å². The summed E-state index contributed by atoms with van der Waals surface area (Å²) in [5.41, 5.74) is 2.16. The van der Waals surface area contributed by atoms with E-state index < -0.39 is 5.60 Å². The highest BCUT2D eigenvalue weighted by atomic mass is 32.2. The summed E-state index contributed by atoms with van der Waals surface area (Å²) in [5, 5.41) is 0.454. The molecule has 2 unspecified atom stereocenters. The van der Waals surface area contributed by atoms with Crippen molar-refractivity contribution in [3.63, 3.8) is 0 Å². The number of fused-ring (bicyclic) bond motifs is 1. The summed E-state index contributed by atoms with van der Waals surface area (Å²) >= 11 is 1.71. The summed E-state index contributed by atoms with van der Waals surface area (Å²) in [6.07, 6.45) is 13.2. The summed E-state index contributed by atoms with van der Waals surface area (Å²) in [5.74, 6) is 1.44. The Labute approximate surface area is 244 Å². The van der Waals surface area contributed by atoms with Gasteiger partial charge in [0.05, 0.1) is 43.0 Å². The third-order valence-electron chi connectivity index (χ3n) is 8.10. The van der Waals surface area contributed by atoms with E-state index in [0.717, 1.165) is 65.0 Å². The number of hydrogen-bond donors (Lipinski definition) is 0. The Morgan fingerprint density at radius 2 is 1.88 bits per heavy atom. The SMILES string of the molecule is CC(C)(C)OC(=O)CCOCCc1cccc(CCN2CCC3(CC2)CN(C2=NSC4C=CC=CC24)CCO3)c1. The zero-order valence-corrected chi connectivity index (χ0v) is 25.2. The predicted molar refractivity (Wildman–Crippen MR) is 162 cm³/mol. The number of carbonyl (C=O) groups is 1. The maximum Gasteiger partial charge on any atom is 0.308 e. The maximum absolute atomic E-state index is 11.8. The normalized spacial score (nSPS) is 24.3. The van der Waals surface area contributed by atoms with E-state index >= 15 is 0 Å². The van der Waals surface area contributed by atoms with Gasteiger partial charge in [0, 0.05) is 32.7 Å². The van der Waals surface area contributed by atoms with E-state index in [2.05, 4.69) is 58.4 Å². The second-order valence-electron chi connectivity index (χ2n) is 12.4. The molecule has 3 aliphatic heterocycles. The van der Waals surface area contributed by atoms with Crippen molar-refractivity contribution in [3.05, 3.63) is 59.7 Å². The Morgan fingerprint density at radius 1 is 1.10 bits per heavy atom. The molecule has 0 bridgehead atoms. The van der Waals surface area contributed by atoms with E-state index in [9.17, 15) is 4.79 Å². The molecule has 0 saturated carbocycles. The van der Waals surface area contributed by atoms with Crippen LogP contribution in [0.5, 0.6) is 0 Å². The lowest BCUT2D eigenvalue weighted by atomic mass is 9.88. The number of hydrogen-bond acceptors (Lipinski definition) is 8. The number of piperidine rings is 1. The minimum atomic E-state index is -0.447. The largest absolute Gasteiger partial charge is 0.460 e. The highest BCUT2D eigenvalue weighted by Gasteiger charge is 2.43. The molecule has 1 spiro atoms. The molecule has 0 aromatic heterocycles. The van der Waals surface area contributed by atoms with E-state index in [1.165, 1.54) is 17.0 Å². The first-order valence-electron chi connectivity index (χ1n) is 14.9. The molecule has 1 aliphatic carbocycles. The van der Waals surface area contributed by atoms with Gasteiger partial charge >= 0.3 is 5.97 Å². The fourth-order valence-electron chi connectivity index (χ4n) is 5.96. The van der Waals surface area contributed by atoms with Gasteiger partial charge in [0.25, 0.3) is 0 Å². The van der Waals surface area contributed by atoms with Crippen LogP contribution < -0.4 is 0 Å². The fourth-order valence-corrected chi connectivity index (χ4v) is 6.93. The third-order valence-corrected chi connectivity index (χ3v) is 9.09. The molecule has 8 heteroatoms. The quantitative estimate of drug-likeness (QED) is 0.240. The second kappa shape index (κ2) is 13.2. The molecule has 40 heavy (non-hydrogen) atoms. The zero-order valence-electron chi connectivity index (χ0n) is 24.3. The van der Waals surface area contributed by atoms with Crippen molar-refractivity contribution in [2.75, 3.05) is 52.5 Å². The van der Waals surface area contributed by atoms with Gasteiger partial charge in [-0.15, -0.1) is 0 Å².